The summed E-state index contributed by atoms with van der Waals surface area (Å²) in [6.07, 6.45) is 9.97. The van der Waals surface area contributed by atoms with Crippen molar-refractivity contribution in [2.75, 3.05) is 13.7 Å². The Bertz CT molecular complexity index is 214. The van der Waals surface area contributed by atoms with Crippen LogP contribution in [0.3, 0.4) is 0 Å². The summed E-state index contributed by atoms with van der Waals surface area (Å²) in [5, 5.41) is 3.78. The molecule has 0 aromatic rings. The highest BCUT2D eigenvalue weighted by Crippen LogP contribution is 2.29. The third kappa shape index (κ3) is 3.43. The Labute approximate surface area is 105 Å². The first-order chi connectivity index (χ1) is 8.35. The molecule has 0 heterocycles. The van der Waals surface area contributed by atoms with Gasteiger partial charge in [-0.15, -0.1) is 0 Å². The molecule has 3 atom stereocenters. The molecule has 0 amide bonds. The maximum Gasteiger partial charge on any atom is 0.0986 e. The van der Waals surface area contributed by atoms with Crippen LogP contribution in [0.25, 0.3) is 0 Å². The minimum Gasteiger partial charge on any atom is -0.377 e. The van der Waals surface area contributed by atoms with Gasteiger partial charge in [-0.3, -0.25) is 0 Å². The topological polar surface area (TPSA) is 30.5 Å². The predicted molar refractivity (Wildman–Crippen MR) is 69.2 cm³/mol. The number of rotatable bonds is 5. The normalized spacial score (nSPS) is 35.3. The first-order valence-corrected chi connectivity index (χ1v) is 7.25. The molecule has 1 N–H and O–H groups in total. The molecule has 100 valence electrons. The van der Waals surface area contributed by atoms with Crippen molar-refractivity contribution < 1.29 is 9.47 Å². The van der Waals surface area contributed by atoms with Gasteiger partial charge in [0.1, 0.15) is 0 Å². The van der Waals surface area contributed by atoms with Crippen molar-refractivity contribution in [1.29, 1.82) is 0 Å². The fourth-order valence-electron chi connectivity index (χ4n) is 3.19. The summed E-state index contributed by atoms with van der Waals surface area (Å²) in [6, 6.07) is 1.22. The molecule has 0 spiro atoms. The van der Waals surface area contributed by atoms with Crippen LogP contribution in [0.5, 0.6) is 0 Å². The standard InChI is InChI=1S/C14H27NO2/c1-3-17-13-10-12(14(13)16-2)15-11-8-6-4-5-7-9-11/h11-15H,3-10H2,1-2H3/t12-,13-,14+/m1/s1. The number of hydrogen-bond donors (Lipinski definition) is 1. The van der Waals surface area contributed by atoms with E-state index in [-0.39, 0.29) is 6.10 Å². The molecule has 0 saturated heterocycles. The van der Waals surface area contributed by atoms with E-state index in [9.17, 15) is 0 Å². The van der Waals surface area contributed by atoms with Gasteiger partial charge in [-0.05, 0) is 26.2 Å². The molecule has 3 heteroatoms. The molecule has 2 aliphatic rings. The van der Waals surface area contributed by atoms with E-state index in [1.165, 1.54) is 38.5 Å². The molecule has 0 radical (unpaired) electrons. The van der Waals surface area contributed by atoms with Crippen molar-refractivity contribution >= 4 is 0 Å². The molecule has 2 saturated carbocycles. The second-order valence-electron chi connectivity index (χ2n) is 5.39. The molecule has 0 aromatic carbocycles. The lowest BCUT2D eigenvalue weighted by Gasteiger charge is -2.45. The molecule has 2 fully saturated rings. The molecule has 0 bridgehead atoms. The largest absolute Gasteiger partial charge is 0.377 e. The summed E-state index contributed by atoms with van der Waals surface area (Å²) in [6.45, 7) is 2.85. The zero-order chi connectivity index (χ0) is 12.1. The van der Waals surface area contributed by atoms with Gasteiger partial charge in [0.2, 0.25) is 0 Å². The average molecular weight is 241 g/mol. The van der Waals surface area contributed by atoms with Gasteiger partial charge in [0.15, 0.2) is 0 Å². The zero-order valence-electron chi connectivity index (χ0n) is 11.3. The van der Waals surface area contributed by atoms with Crippen LogP contribution in [0, 0.1) is 0 Å². The minimum absolute atomic E-state index is 0.262. The van der Waals surface area contributed by atoms with Crippen LogP contribution in [0.2, 0.25) is 0 Å². The lowest BCUT2D eigenvalue weighted by atomic mass is 9.84. The van der Waals surface area contributed by atoms with Crippen molar-refractivity contribution in [1.82, 2.24) is 5.32 Å². The highest BCUT2D eigenvalue weighted by molar-refractivity contribution is 4.98. The number of nitrogens with one attached hydrogen (secondary N) is 1. The Kier molecular flexibility index (Phi) is 5.26. The van der Waals surface area contributed by atoms with Gasteiger partial charge in [0.25, 0.3) is 0 Å². The van der Waals surface area contributed by atoms with Crippen LogP contribution in [-0.2, 0) is 9.47 Å². The Hall–Kier alpha value is -0.120. The lowest BCUT2D eigenvalue weighted by Crippen LogP contribution is -2.61. The van der Waals surface area contributed by atoms with Crippen molar-refractivity contribution in [2.24, 2.45) is 0 Å². The summed E-state index contributed by atoms with van der Waals surface area (Å²) in [5.41, 5.74) is 0. The third-order valence-electron chi connectivity index (χ3n) is 4.21. The van der Waals surface area contributed by atoms with E-state index in [1.54, 1.807) is 7.11 Å². The summed E-state index contributed by atoms with van der Waals surface area (Å²) in [4.78, 5) is 0. The summed E-state index contributed by atoms with van der Waals surface area (Å²) < 4.78 is 11.2. The van der Waals surface area contributed by atoms with Crippen molar-refractivity contribution in [3.05, 3.63) is 0 Å². The van der Waals surface area contributed by atoms with Crippen LogP contribution in [-0.4, -0.2) is 38.0 Å². The fourth-order valence-corrected chi connectivity index (χ4v) is 3.19. The molecule has 17 heavy (non-hydrogen) atoms. The van der Waals surface area contributed by atoms with E-state index in [2.05, 4.69) is 12.2 Å². The number of ether oxygens (including phenoxy) is 2. The van der Waals surface area contributed by atoms with E-state index in [1.807, 2.05) is 0 Å². The van der Waals surface area contributed by atoms with Gasteiger partial charge >= 0.3 is 0 Å². The molecule has 0 aromatic heterocycles. The molecule has 3 nitrogen and oxygen atoms in total. The van der Waals surface area contributed by atoms with Crippen LogP contribution in [0.1, 0.15) is 51.9 Å². The smallest absolute Gasteiger partial charge is 0.0986 e. The summed E-state index contributed by atoms with van der Waals surface area (Å²) >= 11 is 0. The highest BCUT2D eigenvalue weighted by Gasteiger charge is 2.42. The molecule has 2 rings (SSSR count). The Morgan fingerprint density at radius 2 is 1.82 bits per heavy atom. The fraction of sp³-hybridized carbons (Fsp3) is 1.00. The first kappa shape index (κ1) is 13.3. The van der Waals surface area contributed by atoms with E-state index < -0.39 is 0 Å². The molecule has 0 unspecified atom stereocenters. The zero-order valence-corrected chi connectivity index (χ0v) is 11.3. The van der Waals surface area contributed by atoms with Crippen LogP contribution in [0.15, 0.2) is 0 Å². The molecular formula is C14H27NO2. The maximum atomic E-state index is 5.66. The average Bonchev–Trinajstić information content (AvgIpc) is 2.56. The Morgan fingerprint density at radius 1 is 1.12 bits per heavy atom. The Balaban J connectivity index is 1.75. The van der Waals surface area contributed by atoms with Crippen molar-refractivity contribution in [2.45, 2.75) is 76.2 Å². The summed E-state index contributed by atoms with van der Waals surface area (Å²) in [7, 11) is 1.80. The van der Waals surface area contributed by atoms with Crippen molar-refractivity contribution in [3.8, 4) is 0 Å². The van der Waals surface area contributed by atoms with E-state index in [0.717, 1.165) is 13.0 Å². The van der Waals surface area contributed by atoms with E-state index in [0.29, 0.717) is 18.2 Å². The second-order valence-corrected chi connectivity index (χ2v) is 5.39. The molecule has 0 aliphatic heterocycles. The summed E-state index contributed by atoms with van der Waals surface area (Å²) in [5.74, 6) is 0. The first-order valence-electron chi connectivity index (χ1n) is 7.25. The van der Waals surface area contributed by atoms with Gasteiger partial charge in [0.05, 0.1) is 12.2 Å². The van der Waals surface area contributed by atoms with Crippen molar-refractivity contribution in [3.63, 3.8) is 0 Å². The minimum atomic E-state index is 0.262. The van der Waals surface area contributed by atoms with Gasteiger partial charge in [-0.2, -0.15) is 0 Å². The van der Waals surface area contributed by atoms with E-state index in [4.69, 9.17) is 9.47 Å². The Morgan fingerprint density at radius 3 is 2.41 bits per heavy atom. The lowest BCUT2D eigenvalue weighted by molar-refractivity contribution is -0.133. The van der Waals surface area contributed by atoms with Crippen LogP contribution < -0.4 is 5.32 Å². The van der Waals surface area contributed by atoms with Gasteiger partial charge in [0, 0.05) is 25.8 Å². The SMILES string of the molecule is CCO[C@@H]1C[C@@H](NC2CCCCCC2)[C@@H]1OC. The highest BCUT2D eigenvalue weighted by atomic mass is 16.5. The van der Waals surface area contributed by atoms with Gasteiger partial charge < -0.3 is 14.8 Å². The predicted octanol–water partition coefficient (Wildman–Crippen LogP) is 2.49. The molecule has 2 aliphatic carbocycles. The number of methoxy groups -OCH3 is 1. The van der Waals surface area contributed by atoms with Crippen LogP contribution in [0.4, 0.5) is 0 Å². The second kappa shape index (κ2) is 6.72. The maximum absolute atomic E-state index is 5.66. The van der Waals surface area contributed by atoms with Gasteiger partial charge in [-0.25, -0.2) is 0 Å². The third-order valence-corrected chi connectivity index (χ3v) is 4.21. The monoisotopic (exact) mass is 241 g/mol. The van der Waals surface area contributed by atoms with E-state index >= 15 is 0 Å². The van der Waals surface area contributed by atoms with Gasteiger partial charge in [-0.1, -0.05) is 25.7 Å². The van der Waals surface area contributed by atoms with Crippen LogP contribution >= 0.6 is 0 Å². The molecular weight excluding hydrogens is 214 g/mol. The quantitative estimate of drug-likeness (QED) is 0.750. The number of hydrogen-bond acceptors (Lipinski definition) is 3.